The van der Waals surface area contributed by atoms with Gasteiger partial charge in [0.1, 0.15) is 12.4 Å². The molecule has 0 bridgehead atoms. The Kier molecular flexibility index (Phi) is 7.17. The summed E-state index contributed by atoms with van der Waals surface area (Å²) >= 11 is 5.99. The number of nitrogens with zero attached hydrogens (tertiary/aromatic N) is 1. The Hall–Kier alpha value is -3.38. The minimum absolute atomic E-state index is 0.197. The largest absolute Gasteiger partial charge is 0.493 e. The van der Waals surface area contributed by atoms with Gasteiger partial charge in [-0.15, -0.1) is 0 Å². The van der Waals surface area contributed by atoms with Crippen molar-refractivity contribution in [2.45, 2.75) is 26.3 Å². The van der Waals surface area contributed by atoms with Crippen LogP contribution in [0.1, 0.15) is 28.3 Å². The molecule has 1 aliphatic rings. The number of nitrogens with one attached hydrogen (secondary N) is 1. The number of rotatable bonds is 6. The number of aryl methyl sites for hydroxylation is 2. The normalized spacial score (nSPS) is 14.9. The molecule has 0 saturated heterocycles. The molecule has 1 N–H and O–H groups in total. The monoisotopic (exact) mass is 480 g/mol. The van der Waals surface area contributed by atoms with Crippen LogP contribution in [0.2, 0.25) is 5.02 Å². The lowest BCUT2D eigenvalue weighted by Crippen LogP contribution is -2.44. The van der Waals surface area contributed by atoms with Crippen molar-refractivity contribution in [1.82, 2.24) is 4.90 Å². The third-order valence-corrected chi connectivity index (χ3v) is 6.21. The minimum atomic E-state index is -0.309. The molecule has 0 fully saturated rings. The predicted molar refractivity (Wildman–Crippen MR) is 135 cm³/mol. The fraction of sp³-hybridized carbons (Fsp3) is 0.296. The number of hydrogen-bond acceptors (Lipinski definition) is 4. The number of urea groups is 1. The summed E-state index contributed by atoms with van der Waals surface area (Å²) in [7, 11) is 3.23. The molecule has 2 amide bonds. The Bertz CT molecular complexity index is 1160. The summed E-state index contributed by atoms with van der Waals surface area (Å²) in [4.78, 5) is 15.2. The number of amides is 2. The molecule has 1 aliphatic heterocycles. The predicted octanol–water partition coefficient (Wildman–Crippen LogP) is 6.18. The molecule has 1 heterocycles. The molecule has 178 valence electrons. The number of benzene rings is 3. The van der Waals surface area contributed by atoms with Crippen molar-refractivity contribution in [3.63, 3.8) is 0 Å². The highest BCUT2D eigenvalue weighted by Crippen LogP contribution is 2.38. The quantitative estimate of drug-likeness (QED) is 0.457. The Balaban J connectivity index is 1.65. The lowest BCUT2D eigenvalue weighted by atomic mass is 9.92. The van der Waals surface area contributed by atoms with Gasteiger partial charge in [-0.25, -0.2) is 4.79 Å². The van der Waals surface area contributed by atoms with Crippen molar-refractivity contribution in [2.24, 2.45) is 0 Å². The highest BCUT2D eigenvalue weighted by molar-refractivity contribution is 6.30. The fourth-order valence-corrected chi connectivity index (χ4v) is 4.50. The molecule has 0 spiro atoms. The third-order valence-electron chi connectivity index (χ3n) is 5.96. The van der Waals surface area contributed by atoms with Gasteiger partial charge in [0.2, 0.25) is 0 Å². The van der Waals surface area contributed by atoms with Crippen LogP contribution in [0.15, 0.2) is 54.6 Å². The molecule has 3 aromatic rings. The van der Waals surface area contributed by atoms with Crippen molar-refractivity contribution in [3.8, 4) is 17.2 Å². The van der Waals surface area contributed by atoms with Crippen LogP contribution >= 0.6 is 11.6 Å². The SMILES string of the molecule is COc1cc2c(cc1OC)C(COc1cc(C)cc(C)c1)N(C(=O)Nc1ccc(Cl)cc1)CC2. The van der Waals surface area contributed by atoms with Crippen LogP contribution in [0.4, 0.5) is 10.5 Å². The first kappa shape index (κ1) is 23.8. The van der Waals surface area contributed by atoms with Crippen LogP contribution in [0.25, 0.3) is 0 Å². The van der Waals surface area contributed by atoms with E-state index in [9.17, 15) is 4.79 Å². The zero-order chi connectivity index (χ0) is 24.2. The number of ether oxygens (including phenoxy) is 3. The molecule has 1 atom stereocenters. The molecule has 4 rings (SSSR count). The zero-order valence-corrected chi connectivity index (χ0v) is 20.6. The van der Waals surface area contributed by atoms with Gasteiger partial charge in [-0.1, -0.05) is 17.7 Å². The van der Waals surface area contributed by atoms with E-state index in [1.54, 1.807) is 38.5 Å². The molecule has 0 saturated carbocycles. The summed E-state index contributed by atoms with van der Waals surface area (Å²) in [5.41, 5.74) is 5.04. The molecule has 7 heteroatoms. The summed E-state index contributed by atoms with van der Waals surface area (Å²) in [6.45, 7) is 4.93. The maximum absolute atomic E-state index is 13.3. The van der Waals surface area contributed by atoms with Crippen molar-refractivity contribution >= 4 is 23.3 Å². The van der Waals surface area contributed by atoms with Gasteiger partial charge in [-0.05, 0) is 91.1 Å². The molecule has 6 nitrogen and oxygen atoms in total. The van der Waals surface area contributed by atoms with Crippen molar-refractivity contribution in [3.05, 3.63) is 81.9 Å². The van der Waals surface area contributed by atoms with Gasteiger partial charge in [0.25, 0.3) is 0 Å². The standard InChI is InChI=1S/C27H29ClN2O4/c1-17-11-18(2)13-22(12-17)34-16-24-23-15-26(33-4)25(32-3)14-19(23)9-10-30(24)27(31)29-21-7-5-20(28)6-8-21/h5-8,11-15,24H,9-10,16H2,1-4H3,(H,29,31). The van der Waals surface area contributed by atoms with E-state index < -0.39 is 0 Å². The van der Waals surface area contributed by atoms with Crippen LogP contribution in [0, 0.1) is 13.8 Å². The number of halogens is 1. The Labute approximate surface area is 205 Å². The third kappa shape index (κ3) is 5.23. The van der Waals surface area contributed by atoms with E-state index in [4.69, 9.17) is 25.8 Å². The Morgan fingerprint density at radius 1 is 1.00 bits per heavy atom. The van der Waals surface area contributed by atoms with Crippen molar-refractivity contribution in [2.75, 3.05) is 32.7 Å². The first-order valence-corrected chi connectivity index (χ1v) is 11.5. The van der Waals surface area contributed by atoms with Gasteiger partial charge in [-0.2, -0.15) is 0 Å². The van der Waals surface area contributed by atoms with E-state index >= 15 is 0 Å². The second-order valence-corrected chi connectivity index (χ2v) is 8.87. The zero-order valence-electron chi connectivity index (χ0n) is 19.9. The molecule has 0 aromatic heterocycles. The molecular formula is C27H29ClN2O4. The highest BCUT2D eigenvalue weighted by atomic mass is 35.5. The number of fused-ring (bicyclic) bond motifs is 1. The number of carbonyl (C=O) groups is 1. The number of carbonyl (C=O) groups excluding carboxylic acids is 1. The smallest absolute Gasteiger partial charge is 0.322 e. The summed E-state index contributed by atoms with van der Waals surface area (Å²) in [5, 5.41) is 3.60. The van der Waals surface area contributed by atoms with E-state index in [0.29, 0.717) is 41.8 Å². The second-order valence-electron chi connectivity index (χ2n) is 8.44. The summed E-state index contributed by atoms with van der Waals surface area (Å²) in [5.74, 6) is 2.08. The highest BCUT2D eigenvalue weighted by Gasteiger charge is 2.33. The van der Waals surface area contributed by atoms with Crippen LogP contribution in [-0.2, 0) is 6.42 Å². The summed E-state index contributed by atoms with van der Waals surface area (Å²) in [6, 6.07) is 16.6. The molecule has 0 aliphatic carbocycles. The van der Waals surface area contributed by atoms with Gasteiger partial charge in [0, 0.05) is 17.3 Å². The lowest BCUT2D eigenvalue weighted by Gasteiger charge is -2.37. The van der Waals surface area contributed by atoms with Gasteiger partial charge < -0.3 is 24.4 Å². The molecular weight excluding hydrogens is 452 g/mol. The first-order chi connectivity index (χ1) is 16.4. The topological polar surface area (TPSA) is 60.0 Å². The lowest BCUT2D eigenvalue weighted by molar-refractivity contribution is 0.144. The van der Waals surface area contributed by atoms with Gasteiger partial charge in [0.05, 0.1) is 20.3 Å². The van der Waals surface area contributed by atoms with Gasteiger partial charge >= 0.3 is 6.03 Å². The van der Waals surface area contributed by atoms with E-state index in [0.717, 1.165) is 28.0 Å². The van der Waals surface area contributed by atoms with Gasteiger partial charge in [0.15, 0.2) is 11.5 Å². The minimum Gasteiger partial charge on any atom is -0.493 e. The Morgan fingerprint density at radius 2 is 1.65 bits per heavy atom. The summed E-state index contributed by atoms with van der Waals surface area (Å²) in [6.07, 6.45) is 0.698. The maximum atomic E-state index is 13.3. The number of hydrogen-bond donors (Lipinski definition) is 1. The van der Waals surface area contributed by atoms with E-state index in [-0.39, 0.29) is 12.1 Å². The molecule has 34 heavy (non-hydrogen) atoms. The van der Waals surface area contributed by atoms with Crippen molar-refractivity contribution < 1.29 is 19.0 Å². The number of methoxy groups -OCH3 is 2. The van der Waals surface area contributed by atoms with Crippen LogP contribution in [0.3, 0.4) is 0 Å². The summed E-state index contributed by atoms with van der Waals surface area (Å²) < 4.78 is 17.3. The molecule has 0 radical (unpaired) electrons. The average molecular weight is 481 g/mol. The molecule has 3 aromatic carbocycles. The van der Waals surface area contributed by atoms with E-state index in [1.807, 2.05) is 43.0 Å². The number of anilines is 1. The fourth-order valence-electron chi connectivity index (χ4n) is 4.37. The average Bonchev–Trinajstić information content (AvgIpc) is 2.82. The van der Waals surface area contributed by atoms with Crippen LogP contribution in [-0.4, -0.2) is 38.3 Å². The second kappa shape index (κ2) is 10.3. The van der Waals surface area contributed by atoms with Crippen LogP contribution in [0.5, 0.6) is 17.2 Å². The van der Waals surface area contributed by atoms with Crippen molar-refractivity contribution in [1.29, 1.82) is 0 Å². The Morgan fingerprint density at radius 3 is 2.29 bits per heavy atom. The molecule has 1 unspecified atom stereocenters. The first-order valence-electron chi connectivity index (χ1n) is 11.2. The van der Waals surface area contributed by atoms with E-state index in [2.05, 4.69) is 11.4 Å². The van der Waals surface area contributed by atoms with E-state index in [1.165, 1.54) is 0 Å². The van der Waals surface area contributed by atoms with Crippen LogP contribution < -0.4 is 19.5 Å². The maximum Gasteiger partial charge on any atom is 0.322 e. The van der Waals surface area contributed by atoms with Gasteiger partial charge in [-0.3, -0.25) is 0 Å².